The van der Waals surface area contributed by atoms with Gasteiger partial charge in [-0.15, -0.1) is 0 Å². The Balaban J connectivity index is 1.41. The summed E-state index contributed by atoms with van der Waals surface area (Å²) in [6.45, 7) is 10.3. The summed E-state index contributed by atoms with van der Waals surface area (Å²) in [6, 6.07) is 25.6. The maximum Gasteiger partial charge on any atom is 0.338 e. The van der Waals surface area contributed by atoms with E-state index in [4.69, 9.17) is 9.47 Å². The molecule has 4 aromatic carbocycles. The molecule has 0 saturated heterocycles. The van der Waals surface area contributed by atoms with E-state index in [-0.39, 0.29) is 5.56 Å². The fraction of sp³-hybridized carbons (Fsp3) is 0.0526. The van der Waals surface area contributed by atoms with Crippen LogP contribution in [-0.2, 0) is 9.59 Å². The first-order valence-corrected chi connectivity index (χ1v) is 13.1. The standard InChI is InChI=1S/C38H25FO4/c1-26(2)37(40)42-34-9-5-7-30(23-34)16-15-28-11-13-29(14-12-28)19-21-33-22-20-32(25-36(33)39)18-17-31-8-6-10-35(24-31)43-38(41)27(3)4/h5-14,20,22-25H,1,3H2,2,4H3. The SMILES string of the molecule is C=C(C)C(=O)Oc1cccc(C#Cc2ccc(C#Cc3ccc(C#Cc4cccc(OC(=O)C(=C)C)c4)cc3F)cc2)c1. The number of ether oxygens (including phenoxy) is 2. The summed E-state index contributed by atoms with van der Waals surface area (Å²) in [5.41, 5.74) is 4.11. The van der Waals surface area contributed by atoms with Gasteiger partial charge < -0.3 is 9.47 Å². The third-order valence-corrected chi connectivity index (χ3v) is 5.68. The number of benzene rings is 4. The molecule has 0 heterocycles. The minimum absolute atomic E-state index is 0.246. The van der Waals surface area contributed by atoms with Crippen LogP contribution in [0.4, 0.5) is 4.39 Å². The largest absolute Gasteiger partial charge is 0.423 e. The van der Waals surface area contributed by atoms with E-state index in [1.54, 1.807) is 68.4 Å². The van der Waals surface area contributed by atoms with Crippen LogP contribution in [0.25, 0.3) is 0 Å². The highest BCUT2D eigenvalue weighted by molar-refractivity contribution is 5.89. The molecule has 43 heavy (non-hydrogen) atoms. The first kappa shape index (κ1) is 29.9. The van der Waals surface area contributed by atoms with Crippen LogP contribution in [0.2, 0.25) is 0 Å². The zero-order chi connectivity index (χ0) is 30.8. The van der Waals surface area contributed by atoms with Gasteiger partial charge in [0.25, 0.3) is 0 Å². The number of carbonyl (C=O) groups excluding carboxylic acids is 2. The molecule has 208 valence electrons. The third-order valence-electron chi connectivity index (χ3n) is 5.68. The highest BCUT2D eigenvalue weighted by Crippen LogP contribution is 2.16. The van der Waals surface area contributed by atoms with Crippen LogP contribution in [-0.4, -0.2) is 11.9 Å². The Labute approximate surface area is 250 Å². The zero-order valence-electron chi connectivity index (χ0n) is 23.6. The van der Waals surface area contributed by atoms with Crippen molar-refractivity contribution in [1.82, 2.24) is 0 Å². The smallest absolute Gasteiger partial charge is 0.338 e. The van der Waals surface area contributed by atoms with Crippen molar-refractivity contribution in [2.45, 2.75) is 13.8 Å². The summed E-state index contributed by atoms with van der Waals surface area (Å²) in [5, 5.41) is 0. The Bertz CT molecular complexity index is 1930. The van der Waals surface area contributed by atoms with Gasteiger partial charge in [-0.1, -0.05) is 60.8 Å². The van der Waals surface area contributed by atoms with E-state index >= 15 is 0 Å². The van der Waals surface area contributed by atoms with Gasteiger partial charge in [0.05, 0.1) is 5.56 Å². The number of halogens is 1. The van der Waals surface area contributed by atoms with Crippen molar-refractivity contribution >= 4 is 11.9 Å². The van der Waals surface area contributed by atoms with Crippen LogP contribution in [0.15, 0.2) is 115 Å². The predicted molar refractivity (Wildman–Crippen MR) is 165 cm³/mol. The fourth-order valence-electron chi connectivity index (χ4n) is 3.42. The summed E-state index contributed by atoms with van der Waals surface area (Å²) in [7, 11) is 0. The van der Waals surface area contributed by atoms with Gasteiger partial charge in [-0.05, 0) is 92.7 Å². The molecule has 0 aliphatic carbocycles. The molecule has 0 unspecified atom stereocenters. The minimum Gasteiger partial charge on any atom is -0.423 e. The van der Waals surface area contributed by atoms with Crippen LogP contribution in [0.1, 0.15) is 47.2 Å². The van der Waals surface area contributed by atoms with Gasteiger partial charge >= 0.3 is 11.9 Å². The van der Waals surface area contributed by atoms with E-state index in [1.165, 1.54) is 6.07 Å². The Kier molecular flexibility index (Phi) is 9.73. The molecule has 0 amide bonds. The zero-order valence-corrected chi connectivity index (χ0v) is 23.6. The topological polar surface area (TPSA) is 52.6 Å². The van der Waals surface area contributed by atoms with Crippen molar-refractivity contribution < 1.29 is 23.5 Å². The van der Waals surface area contributed by atoms with Gasteiger partial charge in [-0.2, -0.15) is 0 Å². The highest BCUT2D eigenvalue weighted by atomic mass is 19.1. The lowest BCUT2D eigenvalue weighted by molar-refractivity contribution is -0.130. The molecule has 4 nitrogen and oxygen atoms in total. The average Bonchev–Trinajstić information content (AvgIpc) is 2.99. The lowest BCUT2D eigenvalue weighted by Gasteiger charge is -2.03. The maximum atomic E-state index is 14.7. The second-order valence-electron chi connectivity index (χ2n) is 9.42. The first-order valence-electron chi connectivity index (χ1n) is 13.1. The molecule has 0 atom stereocenters. The maximum absolute atomic E-state index is 14.7. The highest BCUT2D eigenvalue weighted by Gasteiger charge is 2.06. The Morgan fingerprint density at radius 1 is 0.558 bits per heavy atom. The number of hydrogen-bond donors (Lipinski definition) is 0. The summed E-state index contributed by atoms with van der Waals surface area (Å²) >= 11 is 0. The second-order valence-corrected chi connectivity index (χ2v) is 9.42. The molecule has 0 saturated carbocycles. The van der Waals surface area contributed by atoms with Crippen molar-refractivity contribution in [1.29, 1.82) is 0 Å². The Morgan fingerprint density at radius 2 is 0.953 bits per heavy atom. The molecule has 0 aliphatic rings. The number of rotatable bonds is 4. The van der Waals surface area contributed by atoms with E-state index in [1.807, 2.05) is 30.3 Å². The first-order chi connectivity index (χ1) is 20.7. The summed E-state index contributed by atoms with van der Waals surface area (Å²) in [4.78, 5) is 23.5. The number of carbonyl (C=O) groups is 2. The van der Waals surface area contributed by atoms with Crippen LogP contribution >= 0.6 is 0 Å². The summed E-state index contributed by atoms with van der Waals surface area (Å²) in [5.74, 6) is 17.1. The van der Waals surface area contributed by atoms with Gasteiger partial charge in [-0.25, -0.2) is 14.0 Å². The predicted octanol–water partition coefficient (Wildman–Crippen LogP) is 6.99. The quantitative estimate of drug-likeness (QED) is 0.116. The molecular formula is C38H25FO4. The lowest BCUT2D eigenvalue weighted by Crippen LogP contribution is -2.08. The average molecular weight is 565 g/mol. The van der Waals surface area contributed by atoms with E-state index < -0.39 is 17.8 Å². The molecule has 0 aliphatic heterocycles. The Morgan fingerprint density at radius 3 is 1.40 bits per heavy atom. The van der Waals surface area contributed by atoms with Crippen LogP contribution in [0.3, 0.4) is 0 Å². The third kappa shape index (κ3) is 8.95. The van der Waals surface area contributed by atoms with Crippen molar-refractivity contribution in [2.24, 2.45) is 0 Å². The van der Waals surface area contributed by atoms with E-state index in [9.17, 15) is 14.0 Å². The number of hydrogen-bond acceptors (Lipinski definition) is 4. The molecule has 0 fully saturated rings. The summed E-state index contributed by atoms with van der Waals surface area (Å²) < 4.78 is 25.2. The molecule has 4 rings (SSSR count). The van der Waals surface area contributed by atoms with Gasteiger partial charge in [0.1, 0.15) is 17.3 Å². The van der Waals surface area contributed by atoms with Crippen molar-refractivity contribution in [3.63, 3.8) is 0 Å². The minimum atomic E-state index is -0.517. The van der Waals surface area contributed by atoms with Gasteiger partial charge in [0.2, 0.25) is 0 Å². The van der Waals surface area contributed by atoms with Crippen LogP contribution in [0, 0.1) is 41.3 Å². The van der Waals surface area contributed by atoms with Gasteiger partial charge in [-0.3, -0.25) is 0 Å². The van der Waals surface area contributed by atoms with Crippen molar-refractivity contribution in [3.8, 4) is 47.0 Å². The van der Waals surface area contributed by atoms with E-state index in [0.29, 0.717) is 44.9 Å². The second kappa shape index (κ2) is 14.0. The molecule has 0 N–H and O–H groups in total. The summed E-state index contributed by atoms with van der Waals surface area (Å²) in [6.07, 6.45) is 0. The molecule has 4 aromatic rings. The van der Waals surface area contributed by atoms with E-state index in [2.05, 4.69) is 48.7 Å². The normalized spacial score (nSPS) is 9.56. The van der Waals surface area contributed by atoms with Crippen molar-refractivity contribution in [3.05, 3.63) is 154 Å². The van der Waals surface area contributed by atoms with Crippen LogP contribution < -0.4 is 9.47 Å². The van der Waals surface area contributed by atoms with Gasteiger partial charge in [0.15, 0.2) is 0 Å². The molecule has 5 heteroatoms. The van der Waals surface area contributed by atoms with Crippen LogP contribution in [0.5, 0.6) is 11.5 Å². The fourth-order valence-corrected chi connectivity index (χ4v) is 3.42. The monoisotopic (exact) mass is 564 g/mol. The molecule has 0 bridgehead atoms. The molecule has 0 aromatic heterocycles. The molecular weight excluding hydrogens is 539 g/mol. The molecule has 0 spiro atoms. The number of esters is 2. The molecule has 0 radical (unpaired) electrons. The van der Waals surface area contributed by atoms with Crippen molar-refractivity contribution in [2.75, 3.05) is 0 Å². The van der Waals surface area contributed by atoms with E-state index in [0.717, 1.165) is 5.56 Å². The van der Waals surface area contributed by atoms with Gasteiger partial charge in [0, 0.05) is 39.0 Å². The Hall–Kier alpha value is -6.09. The lowest BCUT2D eigenvalue weighted by atomic mass is 10.1.